The summed E-state index contributed by atoms with van der Waals surface area (Å²) in [5, 5.41) is 1.14. The van der Waals surface area contributed by atoms with E-state index in [-0.39, 0.29) is 5.43 Å². The van der Waals surface area contributed by atoms with E-state index in [2.05, 4.69) is 41.2 Å². The highest BCUT2D eigenvalue weighted by Crippen LogP contribution is 2.41. The van der Waals surface area contributed by atoms with Crippen molar-refractivity contribution < 1.29 is 4.42 Å². The fourth-order valence-corrected chi connectivity index (χ4v) is 6.15. The maximum absolute atomic E-state index is 13.3. The Bertz CT molecular complexity index is 2490. The highest BCUT2D eigenvalue weighted by Gasteiger charge is 2.17. The Morgan fingerprint density at radius 3 is 1.74 bits per heavy atom. The molecule has 2 heterocycles. The van der Waals surface area contributed by atoms with Gasteiger partial charge < -0.3 is 4.42 Å². The molecular weight excluding hydrogens is 576 g/mol. The average molecular weight is 603 g/mol. The zero-order valence-corrected chi connectivity index (χ0v) is 25.2. The molecule has 220 valence electrons. The Hall–Kier alpha value is -6.57. The van der Waals surface area contributed by atoms with E-state index in [0.29, 0.717) is 33.3 Å². The first-order valence-electron chi connectivity index (χ1n) is 15.4. The molecule has 6 aromatic carbocycles. The lowest BCUT2D eigenvalue weighted by atomic mass is 9.95. The van der Waals surface area contributed by atoms with Gasteiger partial charge in [0.1, 0.15) is 11.2 Å². The van der Waals surface area contributed by atoms with Gasteiger partial charge >= 0.3 is 0 Å². The molecule has 0 aliphatic carbocycles. The van der Waals surface area contributed by atoms with Gasteiger partial charge in [-0.05, 0) is 81.4 Å². The van der Waals surface area contributed by atoms with Crippen LogP contribution in [0.4, 0.5) is 5.69 Å². The number of nitrogens with zero attached hydrogens (tertiary/aromatic N) is 2. The summed E-state index contributed by atoms with van der Waals surface area (Å²) in [5.41, 5.74) is 10.8. The molecule has 0 saturated heterocycles. The van der Waals surface area contributed by atoms with Crippen molar-refractivity contribution in [1.29, 1.82) is 0 Å². The normalized spacial score (nSPS) is 11.0. The highest BCUT2D eigenvalue weighted by molar-refractivity contribution is 5.93. The molecule has 0 aliphatic heterocycles. The molecule has 0 spiro atoms. The van der Waals surface area contributed by atoms with Crippen molar-refractivity contribution in [3.05, 3.63) is 179 Å². The number of hydrogen-bond acceptors (Lipinski definition) is 3. The summed E-state index contributed by atoms with van der Waals surface area (Å²) in [6, 6.07) is 51.7. The van der Waals surface area contributed by atoms with Gasteiger partial charge in [-0.3, -0.25) is 9.78 Å². The number of pyridine rings is 1. The van der Waals surface area contributed by atoms with Gasteiger partial charge in [0.15, 0.2) is 0 Å². The summed E-state index contributed by atoms with van der Waals surface area (Å²) >= 11 is 0. The fraction of sp³-hybridized carbons (Fsp3) is 0. The summed E-state index contributed by atoms with van der Waals surface area (Å²) in [7, 11) is 0. The van der Waals surface area contributed by atoms with Gasteiger partial charge in [-0.1, -0.05) is 115 Å². The fourth-order valence-electron chi connectivity index (χ4n) is 6.15. The van der Waals surface area contributed by atoms with E-state index in [1.54, 1.807) is 6.07 Å². The maximum Gasteiger partial charge on any atom is 0.220 e. The minimum absolute atomic E-state index is 0.0333. The summed E-state index contributed by atoms with van der Waals surface area (Å²) < 4.78 is 6.03. The Morgan fingerprint density at radius 1 is 0.489 bits per heavy atom. The van der Waals surface area contributed by atoms with E-state index in [4.69, 9.17) is 16.0 Å². The molecule has 0 amide bonds. The number of para-hydroxylation sites is 1. The Labute approximate surface area is 271 Å². The van der Waals surface area contributed by atoms with Crippen molar-refractivity contribution in [2.45, 2.75) is 0 Å². The second-order valence-corrected chi connectivity index (χ2v) is 11.4. The van der Waals surface area contributed by atoms with E-state index in [1.807, 2.05) is 115 Å². The maximum atomic E-state index is 13.3. The van der Waals surface area contributed by atoms with Gasteiger partial charge in [0.25, 0.3) is 0 Å². The number of fused-ring (bicyclic) bond motifs is 2. The van der Waals surface area contributed by atoms with Crippen LogP contribution in [0.5, 0.6) is 0 Å². The number of aromatic nitrogens is 1. The zero-order valence-electron chi connectivity index (χ0n) is 25.2. The van der Waals surface area contributed by atoms with Crippen LogP contribution in [0.1, 0.15) is 0 Å². The monoisotopic (exact) mass is 602 g/mol. The molecule has 0 saturated carbocycles. The second kappa shape index (κ2) is 11.7. The lowest BCUT2D eigenvalue weighted by Crippen LogP contribution is -2.01. The van der Waals surface area contributed by atoms with Crippen molar-refractivity contribution in [3.63, 3.8) is 0 Å². The van der Waals surface area contributed by atoms with Gasteiger partial charge in [-0.2, -0.15) is 0 Å². The lowest BCUT2D eigenvalue weighted by molar-refractivity contribution is 0.660. The van der Waals surface area contributed by atoms with Gasteiger partial charge in [0.05, 0.1) is 28.7 Å². The molecule has 0 atom stereocenters. The predicted molar refractivity (Wildman–Crippen MR) is 191 cm³/mol. The van der Waals surface area contributed by atoms with Crippen LogP contribution in [-0.4, -0.2) is 4.98 Å². The first kappa shape index (κ1) is 27.9. The first-order chi connectivity index (χ1) is 23.2. The van der Waals surface area contributed by atoms with E-state index in [0.717, 1.165) is 50.2 Å². The topological polar surface area (TPSA) is 47.5 Å². The summed E-state index contributed by atoms with van der Waals surface area (Å²) in [4.78, 5) is 22.4. The number of hydrogen-bond donors (Lipinski definition) is 0. The Kier molecular flexibility index (Phi) is 6.98. The Balaban J connectivity index is 1.23. The van der Waals surface area contributed by atoms with Crippen LogP contribution in [0.2, 0.25) is 0 Å². The molecule has 0 N–H and O–H groups in total. The standard InChI is InChI=1S/C43H26N2O2/c1-44-42-36(28-12-4-2-5-13-28)27-38(45-41(42)29-14-6-3-7-15-29)34-19-11-18-32(25-34)30-16-10-17-31(24-30)33-22-23-40-37(26-33)43(46)35-20-8-9-21-39(35)47-40/h2-27H. The molecule has 4 nitrogen and oxygen atoms in total. The largest absolute Gasteiger partial charge is 0.456 e. The predicted octanol–water partition coefficient (Wildman–Crippen LogP) is 11.2. The van der Waals surface area contributed by atoms with E-state index in [1.165, 1.54) is 0 Å². The van der Waals surface area contributed by atoms with Crippen LogP contribution in [0.25, 0.3) is 82.7 Å². The average Bonchev–Trinajstić information content (AvgIpc) is 3.15. The zero-order chi connectivity index (χ0) is 31.7. The van der Waals surface area contributed by atoms with E-state index >= 15 is 0 Å². The van der Waals surface area contributed by atoms with Crippen LogP contribution in [0, 0.1) is 6.57 Å². The molecule has 4 heteroatoms. The van der Waals surface area contributed by atoms with Crippen molar-refractivity contribution in [2.24, 2.45) is 0 Å². The van der Waals surface area contributed by atoms with E-state index < -0.39 is 0 Å². The molecule has 0 radical (unpaired) electrons. The molecule has 2 aromatic heterocycles. The van der Waals surface area contributed by atoms with Crippen molar-refractivity contribution in [1.82, 2.24) is 4.98 Å². The quantitative estimate of drug-likeness (QED) is 0.145. The van der Waals surface area contributed by atoms with Gasteiger partial charge in [0, 0.05) is 5.56 Å². The van der Waals surface area contributed by atoms with Crippen molar-refractivity contribution in [2.75, 3.05) is 0 Å². The van der Waals surface area contributed by atoms with Crippen LogP contribution in [0.3, 0.4) is 0 Å². The number of rotatable bonds is 5. The number of benzene rings is 6. The van der Waals surface area contributed by atoms with Crippen LogP contribution < -0.4 is 5.43 Å². The van der Waals surface area contributed by atoms with Crippen LogP contribution in [0.15, 0.2) is 167 Å². The van der Waals surface area contributed by atoms with Gasteiger partial charge in [-0.15, -0.1) is 0 Å². The SMILES string of the molecule is [C-]#[N+]c1c(-c2ccccc2)cc(-c2cccc(-c3cccc(-c4ccc5oc6ccccc6c(=O)c5c4)c3)c2)nc1-c1ccccc1. The molecule has 47 heavy (non-hydrogen) atoms. The summed E-state index contributed by atoms with van der Waals surface area (Å²) in [6.45, 7) is 8.09. The molecule has 0 fully saturated rings. The first-order valence-corrected chi connectivity index (χ1v) is 15.4. The highest BCUT2D eigenvalue weighted by atomic mass is 16.3. The smallest absolute Gasteiger partial charge is 0.220 e. The van der Waals surface area contributed by atoms with Crippen LogP contribution in [-0.2, 0) is 0 Å². The summed E-state index contributed by atoms with van der Waals surface area (Å²) in [6.07, 6.45) is 0. The summed E-state index contributed by atoms with van der Waals surface area (Å²) in [5.74, 6) is 0. The Morgan fingerprint density at radius 2 is 1.04 bits per heavy atom. The molecule has 0 unspecified atom stereocenters. The molecule has 8 aromatic rings. The van der Waals surface area contributed by atoms with Crippen LogP contribution >= 0.6 is 0 Å². The minimum atomic E-state index is -0.0333. The van der Waals surface area contributed by atoms with Gasteiger partial charge in [-0.25, -0.2) is 4.85 Å². The third kappa shape index (κ3) is 5.16. The van der Waals surface area contributed by atoms with Crippen molar-refractivity contribution >= 4 is 27.6 Å². The third-order valence-electron chi connectivity index (χ3n) is 8.50. The van der Waals surface area contributed by atoms with E-state index in [9.17, 15) is 4.79 Å². The second-order valence-electron chi connectivity index (χ2n) is 11.4. The molecule has 0 aliphatic rings. The third-order valence-corrected chi connectivity index (χ3v) is 8.50. The molecule has 8 rings (SSSR count). The lowest BCUT2D eigenvalue weighted by Gasteiger charge is -2.14. The van der Waals surface area contributed by atoms with Crippen molar-refractivity contribution in [3.8, 4) is 55.9 Å². The minimum Gasteiger partial charge on any atom is -0.456 e. The molecule has 0 bridgehead atoms. The molecular formula is C43H26N2O2. The van der Waals surface area contributed by atoms with Gasteiger partial charge in [0.2, 0.25) is 11.1 Å².